The maximum Gasteiger partial charge on any atom is 0.329 e. The van der Waals surface area contributed by atoms with Gasteiger partial charge in [-0.05, 0) is 19.8 Å². The van der Waals surface area contributed by atoms with Gasteiger partial charge in [0.05, 0.1) is 12.4 Å². The molecule has 1 heterocycles. The maximum atomic E-state index is 11.9. The quantitative estimate of drug-likeness (QED) is 0.569. The summed E-state index contributed by atoms with van der Waals surface area (Å²) in [4.78, 5) is 22.1. The van der Waals surface area contributed by atoms with E-state index in [-0.39, 0.29) is 37.3 Å². The van der Waals surface area contributed by atoms with Crippen molar-refractivity contribution in [2.75, 3.05) is 38.6 Å². The Balaban J connectivity index is 2.24. The van der Waals surface area contributed by atoms with E-state index in [0.717, 1.165) is 0 Å². The van der Waals surface area contributed by atoms with Gasteiger partial charge in [-0.1, -0.05) is 0 Å². The number of carboxylic acids is 1. The maximum absolute atomic E-state index is 11.9. The number of carbonyl (C=O) groups is 2. The second-order valence-corrected chi connectivity index (χ2v) is 7.07. The molecule has 0 aromatic carbocycles. The third-order valence-electron chi connectivity index (χ3n) is 3.35. The topological polar surface area (TPSA) is 113 Å². The predicted molar refractivity (Wildman–Crippen MR) is 75.2 cm³/mol. The minimum Gasteiger partial charge on any atom is -0.480 e. The first-order chi connectivity index (χ1) is 9.86. The summed E-state index contributed by atoms with van der Waals surface area (Å²) in [5, 5.41) is 11.0. The zero-order chi connectivity index (χ0) is 15.9. The number of nitrogens with zero attached hydrogens (tertiary/aromatic N) is 1. The predicted octanol–water partition coefficient (Wildman–Crippen LogP) is -0.734. The number of rotatable bonds is 8. The Morgan fingerprint density at radius 2 is 1.95 bits per heavy atom. The van der Waals surface area contributed by atoms with E-state index in [9.17, 15) is 18.0 Å². The van der Waals surface area contributed by atoms with Crippen LogP contribution in [0.25, 0.3) is 0 Å². The monoisotopic (exact) mass is 322 g/mol. The molecule has 0 radical (unpaired) electrons. The van der Waals surface area contributed by atoms with Crippen LogP contribution in [0, 0.1) is 5.92 Å². The Morgan fingerprint density at radius 3 is 2.48 bits per heavy atom. The number of piperidine rings is 1. The molecule has 1 aliphatic rings. The summed E-state index contributed by atoms with van der Waals surface area (Å²) in [5.74, 6) is -1.31. The van der Waals surface area contributed by atoms with Crippen LogP contribution < -0.4 is 5.32 Å². The molecular weight excluding hydrogens is 300 g/mol. The van der Waals surface area contributed by atoms with Crippen LogP contribution in [0.5, 0.6) is 0 Å². The number of sulfonamides is 1. The first-order valence-corrected chi connectivity index (χ1v) is 8.52. The Kier molecular flexibility index (Phi) is 7.06. The van der Waals surface area contributed by atoms with Crippen LogP contribution in [-0.2, 0) is 24.3 Å². The normalized spacial score (nSPS) is 17.6. The average molecular weight is 322 g/mol. The molecule has 0 atom stereocenters. The van der Waals surface area contributed by atoms with E-state index in [1.807, 2.05) is 0 Å². The highest BCUT2D eigenvalue weighted by atomic mass is 32.2. The standard InChI is InChI=1S/C12H22N2O6S/c1-2-21(18,19)14-6-3-10(4-7-14)12(17)13-5-8-20-9-11(15)16/h10H,2-9H2,1H3,(H,13,17)(H,15,16). The lowest BCUT2D eigenvalue weighted by Gasteiger charge is -2.30. The molecule has 0 aliphatic carbocycles. The molecule has 0 aromatic heterocycles. The Hall–Kier alpha value is -1.19. The first-order valence-electron chi connectivity index (χ1n) is 6.92. The average Bonchev–Trinajstić information content (AvgIpc) is 2.46. The lowest BCUT2D eigenvalue weighted by atomic mass is 9.97. The van der Waals surface area contributed by atoms with Gasteiger partial charge in [-0.15, -0.1) is 0 Å². The highest BCUT2D eigenvalue weighted by Crippen LogP contribution is 2.19. The van der Waals surface area contributed by atoms with Gasteiger partial charge in [0.15, 0.2) is 0 Å². The van der Waals surface area contributed by atoms with Crippen molar-refractivity contribution < 1.29 is 27.9 Å². The largest absolute Gasteiger partial charge is 0.480 e. The number of ether oxygens (including phenoxy) is 1. The van der Waals surface area contributed by atoms with Gasteiger partial charge in [0.2, 0.25) is 15.9 Å². The van der Waals surface area contributed by atoms with E-state index in [1.54, 1.807) is 6.92 Å². The Labute approximate surface area is 124 Å². The summed E-state index contributed by atoms with van der Waals surface area (Å²) in [7, 11) is -3.18. The minimum atomic E-state index is -3.18. The smallest absolute Gasteiger partial charge is 0.329 e. The van der Waals surface area contributed by atoms with Gasteiger partial charge in [-0.2, -0.15) is 0 Å². The van der Waals surface area contributed by atoms with Gasteiger partial charge >= 0.3 is 5.97 Å². The zero-order valence-corrected chi connectivity index (χ0v) is 12.9. The number of carboxylic acid groups (broad SMARTS) is 1. The number of amides is 1. The fourth-order valence-electron chi connectivity index (χ4n) is 2.13. The van der Waals surface area contributed by atoms with Gasteiger partial charge in [-0.25, -0.2) is 17.5 Å². The number of hydrogen-bond acceptors (Lipinski definition) is 5. The van der Waals surface area contributed by atoms with Crippen LogP contribution in [0.4, 0.5) is 0 Å². The molecule has 1 amide bonds. The molecule has 1 fully saturated rings. The van der Waals surface area contributed by atoms with E-state index < -0.39 is 16.0 Å². The summed E-state index contributed by atoms with van der Waals surface area (Å²) >= 11 is 0. The number of nitrogens with one attached hydrogen (secondary N) is 1. The summed E-state index contributed by atoms with van der Waals surface area (Å²) in [6.45, 7) is 2.34. The number of carbonyl (C=O) groups excluding carboxylic acids is 1. The second kappa shape index (κ2) is 8.30. The lowest BCUT2D eigenvalue weighted by Crippen LogP contribution is -2.44. The van der Waals surface area contributed by atoms with Gasteiger partial charge < -0.3 is 15.2 Å². The van der Waals surface area contributed by atoms with Gasteiger partial charge in [0.1, 0.15) is 6.61 Å². The third kappa shape index (κ3) is 5.98. The molecule has 0 saturated carbocycles. The molecule has 122 valence electrons. The van der Waals surface area contributed by atoms with Gasteiger partial charge in [0.25, 0.3) is 0 Å². The fraction of sp³-hybridized carbons (Fsp3) is 0.833. The van der Waals surface area contributed by atoms with Crippen LogP contribution in [0.1, 0.15) is 19.8 Å². The number of hydrogen-bond donors (Lipinski definition) is 2. The summed E-state index contributed by atoms with van der Waals surface area (Å²) in [6, 6.07) is 0. The third-order valence-corrected chi connectivity index (χ3v) is 5.24. The van der Waals surface area contributed by atoms with Crippen LogP contribution >= 0.6 is 0 Å². The summed E-state index contributed by atoms with van der Waals surface area (Å²) < 4.78 is 29.6. The van der Waals surface area contributed by atoms with E-state index in [4.69, 9.17) is 9.84 Å². The van der Waals surface area contributed by atoms with Crippen LogP contribution in [0.2, 0.25) is 0 Å². The lowest BCUT2D eigenvalue weighted by molar-refractivity contribution is -0.142. The van der Waals surface area contributed by atoms with Gasteiger partial charge in [-0.3, -0.25) is 4.79 Å². The molecule has 1 rings (SSSR count). The molecule has 0 spiro atoms. The molecule has 0 bridgehead atoms. The molecule has 9 heteroatoms. The van der Waals surface area contributed by atoms with Crippen molar-refractivity contribution in [3.8, 4) is 0 Å². The highest BCUT2D eigenvalue weighted by molar-refractivity contribution is 7.89. The van der Waals surface area contributed by atoms with Crippen molar-refractivity contribution in [3.05, 3.63) is 0 Å². The van der Waals surface area contributed by atoms with E-state index >= 15 is 0 Å². The minimum absolute atomic E-state index is 0.0742. The van der Waals surface area contributed by atoms with Crippen LogP contribution in [0.3, 0.4) is 0 Å². The molecule has 1 saturated heterocycles. The van der Waals surface area contributed by atoms with Crippen LogP contribution in [-0.4, -0.2) is 68.3 Å². The van der Waals surface area contributed by atoms with Crippen molar-refractivity contribution in [1.29, 1.82) is 0 Å². The molecule has 1 aliphatic heterocycles. The molecule has 0 aromatic rings. The Morgan fingerprint density at radius 1 is 1.33 bits per heavy atom. The molecule has 8 nitrogen and oxygen atoms in total. The first kappa shape index (κ1) is 17.9. The molecule has 0 unspecified atom stereocenters. The molecular formula is C12H22N2O6S. The van der Waals surface area contributed by atoms with Crippen molar-refractivity contribution in [2.24, 2.45) is 5.92 Å². The summed E-state index contributed by atoms with van der Waals surface area (Å²) in [6.07, 6.45) is 1.00. The van der Waals surface area contributed by atoms with E-state index in [1.165, 1.54) is 4.31 Å². The van der Waals surface area contributed by atoms with Crippen molar-refractivity contribution >= 4 is 21.9 Å². The highest BCUT2D eigenvalue weighted by Gasteiger charge is 2.29. The fourth-order valence-corrected chi connectivity index (χ4v) is 3.26. The molecule has 2 N–H and O–H groups in total. The van der Waals surface area contributed by atoms with E-state index in [0.29, 0.717) is 25.9 Å². The van der Waals surface area contributed by atoms with Crippen molar-refractivity contribution in [3.63, 3.8) is 0 Å². The van der Waals surface area contributed by atoms with Crippen molar-refractivity contribution in [1.82, 2.24) is 9.62 Å². The van der Waals surface area contributed by atoms with Crippen LogP contribution in [0.15, 0.2) is 0 Å². The second-order valence-electron chi connectivity index (χ2n) is 4.81. The number of aliphatic carboxylic acids is 1. The molecule has 21 heavy (non-hydrogen) atoms. The van der Waals surface area contributed by atoms with E-state index in [2.05, 4.69) is 5.32 Å². The summed E-state index contributed by atoms with van der Waals surface area (Å²) in [5.41, 5.74) is 0. The van der Waals surface area contributed by atoms with Gasteiger partial charge in [0, 0.05) is 25.6 Å². The Bertz CT molecular complexity index is 456. The zero-order valence-electron chi connectivity index (χ0n) is 12.1. The van der Waals surface area contributed by atoms with Crippen molar-refractivity contribution in [2.45, 2.75) is 19.8 Å². The SMILES string of the molecule is CCS(=O)(=O)N1CCC(C(=O)NCCOCC(=O)O)CC1.